The first-order chi connectivity index (χ1) is 13.5. The van der Waals surface area contributed by atoms with Gasteiger partial charge < -0.3 is 4.90 Å². The minimum Gasteiger partial charge on any atom is -0.333 e. The van der Waals surface area contributed by atoms with Gasteiger partial charge in [0.2, 0.25) is 5.91 Å². The summed E-state index contributed by atoms with van der Waals surface area (Å²) in [7, 11) is 0. The maximum absolute atomic E-state index is 13.3. The zero-order valence-corrected chi connectivity index (χ0v) is 17.8. The maximum Gasteiger partial charge on any atom is 0.261 e. The van der Waals surface area contributed by atoms with Crippen molar-refractivity contribution >= 4 is 28.4 Å². The topological polar surface area (TPSA) is 55.2 Å². The Balaban J connectivity index is 2.08. The van der Waals surface area contributed by atoms with Crippen molar-refractivity contribution in [2.75, 3.05) is 6.54 Å². The number of halogens is 1. The number of nitrogens with zero attached hydrogens (tertiary/aromatic N) is 3. The molecule has 1 aliphatic rings. The van der Waals surface area contributed by atoms with Crippen LogP contribution in [0, 0.1) is 5.92 Å². The molecule has 1 aromatic heterocycles. The Morgan fingerprint density at radius 2 is 1.96 bits per heavy atom. The lowest BCUT2D eigenvalue weighted by Crippen LogP contribution is -2.42. The molecule has 1 fully saturated rings. The standard InChI is InChI=1S/C22H30ClN3O2/c1-4-19(25(5-2)21(27)15-10-8-7-9-11-15)20-24-18-14-16(23)12-13-17(18)22(28)26(20)6-3/h12-15,19H,4-11H2,1-3H3. The highest BCUT2D eigenvalue weighted by Gasteiger charge is 2.32. The fraction of sp³-hybridized carbons (Fsp3) is 0.591. The average molecular weight is 404 g/mol. The molecule has 0 spiro atoms. The van der Waals surface area contributed by atoms with Crippen molar-refractivity contribution in [1.82, 2.24) is 14.5 Å². The fourth-order valence-electron chi connectivity index (χ4n) is 4.43. The van der Waals surface area contributed by atoms with Crippen LogP contribution in [0.4, 0.5) is 0 Å². The zero-order chi connectivity index (χ0) is 20.3. The number of rotatable bonds is 6. The summed E-state index contributed by atoms with van der Waals surface area (Å²) < 4.78 is 1.71. The second kappa shape index (κ2) is 9.08. The van der Waals surface area contributed by atoms with Gasteiger partial charge in [-0.3, -0.25) is 14.2 Å². The molecule has 28 heavy (non-hydrogen) atoms. The summed E-state index contributed by atoms with van der Waals surface area (Å²) >= 11 is 6.14. The van der Waals surface area contributed by atoms with E-state index < -0.39 is 0 Å². The van der Waals surface area contributed by atoms with Crippen LogP contribution < -0.4 is 5.56 Å². The third kappa shape index (κ3) is 3.95. The quantitative estimate of drug-likeness (QED) is 0.685. The van der Waals surface area contributed by atoms with E-state index in [1.807, 2.05) is 18.7 Å². The van der Waals surface area contributed by atoms with Crippen LogP contribution in [0.2, 0.25) is 5.02 Å². The van der Waals surface area contributed by atoms with Crippen LogP contribution in [-0.2, 0) is 11.3 Å². The van der Waals surface area contributed by atoms with Gasteiger partial charge in [-0.25, -0.2) is 4.98 Å². The minimum absolute atomic E-state index is 0.0706. The Hall–Kier alpha value is -1.88. The van der Waals surface area contributed by atoms with E-state index in [9.17, 15) is 9.59 Å². The van der Waals surface area contributed by atoms with Crippen LogP contribution in [0.25, 0.3) is 10.9 Å². The average Bonchev–Trinajstić information content (AvgIpc) is 2.71. The molecule has 1 aliphatic carbocycles. The molecule has 5 nitrogen and oxygen atoms in total. The van der Waals surface area contributed by atoms with Crippen LogP contribution in [-0.4, -0.2) is 26.9 Å². The summed E-state index contributed by atoms with van der Waals surface area (Å²) in [5, 5.41) is 1.12. The third-order valence-corrected chi connectivity index (χ3v) is 6.14. The zero-order valence-electron chi connectivity index (χ0n) is 17.1. The monoisotopic (exact) mass is 403 g/mol. The van der Waals surface area contributed by atoms with E-state index in [0.717, 1.165) is 25.7 Å². The van der Waals surface area contributed by atoms with Gasteiger partial charge in [-0.2, -0.15) is 0 Å². The summed E-state index contributed by atoms with van der Waals surface area (Å²) in [5.74, 6) is 0.965. The van der Waals surface area contributed by atoms with E-state index in [1.54, 1.807) is 22.8 Å². The van der Waals surface area contributed by atoms with Gasteiger partial charge in [0.05, 0.1) is 16.9 Å². The molecule has 0 N–H and O–H groups in total. The number of carbonyl (C=O) groups is 1. The van der Waals surface area contributed by atoms with E-state index in [2.05, 4.69) is 6.92 Å². The molecule has 1 aromatic carbocycles. The van der Waals surface area contributed by atoms with Gasteiger partial charge in [0.1, 0.15) is 5.82 Å². The van der Waals surface area contributed by atoms with Gasteiger partial charge in [0.15, 0.2) is 0 Å². The first kappa shape index (κ1) is 20.8. The highest BCUT2D eigenvalue weighted by atomic mass is 35.5. The molecule has 0 saturated heterocycles. The Morgan fingerprint density at radius 1 is 1.25 bits per heavy atom. The molecular formula is C22H30ClN3O2. The van der Waals surface area contributed by atoms with Gasteiger partial charge in [-0.1, -0.05) is 37.8 Å². The third-order valence-electron chi connectivity index (χ3n) is 5.90. The van der Waals surface area contributed by atoms with Crippen molar-refractivity contribution < 1.29 is 4.79 Å². The van der Waals surface area contributed by atoms with Crippen molar-refractivity contribution in [2.45, 2.75) is 71.9 Å². The second-order valence-electron chi connectivity index (χ2n) is 7.56. The predicted octanol–water partition coefficient (Wildman–Crippen LogP) is 4.95. The lowest BCUT2D eigenvalue weighted by Gasteiger charge is -2.35. The molecule has 3 rings (SSSR count). The first-order valence-electron chi connectivity index (χ1n) is 10.5. The fourth-order valence-corrected chi connectivity index (χ4v) is 4.59. The number of hydrogen-bond donors (Lipinski definition) is 0. The van der Waals surface area contributed by atoms with Gasteiger partial charge in [0, 0.05) is 24.0 Å². The molecule has 0 radical (unpaired) electrons. The molecule has 0 aliphatic heterocycles. The number of amides is 1. The Labute approximate surface area is 171 Å². The van der Waals surface area contributed by atoms with E-state index in [4.69, 9.17) is 16.6 Å². The molecule has 1 atom stereocenters. The summed E-state index contributed by atoms with van der Waals surface area (Å²) in [5.41, 5.74) is 0.524. The number of fused-ring (bicyclic) bond motifs is 1. The summed E-state index contributed by atoms with van der Waals surface area (Å²) in [4.78, 5) is 33.1. The lowest BCUT2D eigenvalue weighted by molar-refractivity contribution is -0.139. The van der Waals surface area contributed by atoms with Crippen molar-refractivity contribution in [3.05, 3.63) is 39.4 Å². The van der Waals surface area contributed by atoms with E-state index in [-0.39, 0.29) is 23.4 Å². The summed E-state index contributed by atoms with van der Waals surface area (Å²) in [6.07, 6.45) is 6.11. The Bertz CT molecular complexity index is 903. The smallest absolute Gasteiger partial charge is 0.261 e. The number of aromatic nitrogens is 2. The van der Waals surface area contributed by atoms with E-state index in [0.29, 0.717) is 41.3 Å². The van der Waals surface area contributed by atoms with E-state index >= 15 is 0 Å². The van der Waals surface area contributed by atoms with Crippen LogP contribution in [0.1, 0.15) is 71.2 Å². The van der Waals surface area contributed by atoms with Gasteiger partial charge in [0.25, 0.3) is 5.56 Å². The van der Waals surface area contributed by atoms with Crippen LogP contribution in [0.5, 0.6) is 0 Å². The molecular weight excluding hydrogens is 374 g/mol. The molecule has 6 heteroatoms. The molecule has 2 aromatic rings. The Morgan fingerprint density at radius 3 is 2.57 bits per heavy atom. The molecule has 1 amide bonds. The number of benzene rings is 1. The summed E-state index contributed by atoms with van der Waals surface area (Å²) in [6, 6.07) is 4.97. The van der Waals surface area contributed by atoms with Crippen molar-refractivity contribution in [2.24, 2.45) is 5.92 Å². The molecule has 1 heterocycles. The van der Waals surface area contributed by atoms with Crippen molar-refractivity contribution in [1.29, 1.82) is 0 Å². The van der Waals surface area contributed by atoms with Crippen LogP contribution in [0.3, 0.4) is 0 Å². The maximum atomic E-state index is 13.3. The molecule has 0 bridgehead atoms. The molecule has 152 valence electrons. The largest absolute Gasteiger partial charge is 0.333 e. The first-order valence-corrected chi connectivity index (χ1v) is 10.9. The number of hydrogen-bond acceptors (Lipinski definition) is 3. The molecule has 1 saturated carbocycles. The van der Waals surface area contributed by atoms with Crippen LogP contribution in [0.15, 0.2) is 23.0 Å². The normalized spacial score (nSPS) is 16.3. The highest BCUT2D eigenvalue weighted by Crippen LogP contribution is 2.30. The van der Waals surface area contributed by atoms with Crippen molar-refractivity contribution in [3.8, 4) is 0 Å². The SMILES string of the molecule is CCC(c1nc2cc(Cl)ccc2c(=O)n1CC)N(CC)C(=O)C1CCCCC1. The van der Waals surface area contributed by atoms with Gasteiger partial charge in [-0.15, -0.1) is 0 Å². The Kier molecular flexibility index (Phi) is 6.76. The number of carbonyl (C=O) groups excluding carboxylic acids is 1. The lowest BCUT2D eigenvalue weighted by atomic mass is 9.87. The van der Waals surface area contributed by atoms with Crippen LogP contribution >= 0.6 is 11.6 Å². The van der Waals surface area contributed by atoms with Gasteiger partial charge >= 0.3 is 0 Å². The van der Waals surface area contributed by atoms with Gasteiger partial charge in [-0.05, 0) is 51.3 Å². The molecule has 1 unspecified atom stereocenters. The van der Waals surface area contributed by atoms with Crippen molar-refractivity contribution in [3.63, 3.8) is 0 Å². The highest BCUT2D eigenvalue weighted by molar-refractivity contribution is 6.31. The summed E-state index contributed by atoms with van der Waals surface area (Å²) in [6.45, 7) is 7.14. The predicted molar refractivity (Wildman–Crippen MR) is 114 cm³/mol. The van der Waals surface area contributed by atoms with E-state index in [1.165, 1.54) is 6.42 Å². The second-order valence-corrected chi connectivity index (χ2v) is 8.00. The minimum atomic E-state index is -0.213.